The van der Waals surface area contributed by atoms with Crippen LogP contribution in [0.15, 0.2) is 77.7 Å². The average molecular weight is 566 g/mol. The number of carbonyl (C=O) groups is 2. The molecule has 0 heterocycles. The average Bonchev–Trinajstić information content (AvgIpc) is 2.95. The van der Waals surface area contributed by atoms with Crippen LogP contribution in [0.1, 0.15) is 43.4 Å². The third kappa shape index (κ3) is 7.41. The standard InChI is InChI=1S/C31H39N3O5S/c1-6-20-32-31(36)28(7-2)33(21-25-14-16-26(39-5)17-15-25)30(35)22-34(29-11-9-8-10-24(29)4)40(37,38)27-18-12-23(3)13-19-27/h8-19,28H,6-7,20-22H2,1-5H3,(H,32,36). The molecule has 214 valence electrons. The summed E-state index contributed by atoms with van der Waals surface area (Å²) in [6, 6.07) is 20.1. The summed E-state index contributed by atoms with van der Waals surface area (Å²) in [5.74, 6) is -0.0763. The number of methoxy groups -OCH3 is 1. The Kier molecular flexibility index (Phi) is 10.7. The van der Waals surface area contributed by atoms with Gasteiger partial charge in [0.1, 0.15) is 18.3 Å². The highest BCUT2D eigenvalue weighted by molar-refractivity contribution is 7.92. The fraction of sp³-hybridized carbons (Fsp3) is 0.355. The van der Waals surface area contributed by atoms with Crippen LogP contribution < -0.4 is 14.4 Å². The highest BCUT2D eigenvalue weighted by atomic mass is 32.2. The normalized spacial score (nSPS) is 11.9. The van der Waals surface area contributed by atoms with Crippen molar-refractivity contribution in [3.05, 3.63) is 89.5 Å². The van der Waals surface area contributed by atoms with Crippen LogP contribution in [0.4, 0.5) is 5.69 Å². The molecule has 9 heteroatoms. The predicted octanol–water partition coefficient (Wildman–Crippen LogP) is 4.84. The molecule has 0 aliphatic heterocycles. The van der Waals surface area contributed by atoms with Crippen molar-refractivity contribution in [2.45, 2.75) is 58.0 Å². The van der Waals surface area contributed by atoms with Crippen LogP contribution in [0, 0.1) is 13.8 Å². The molecule has 0 aliphatic rings. The number of nitrogens with zero attached hydrogens (tertiary/aromatic N) is 2. The number of ether oxygens (including phenoxy) is 1. The van der Waals surface area contributed by atoms with Gasteiger partial charge in [0.05, 0.1) is 17.7 Å². The van der Waals surface area contributed by atoms with Gasteiger partial charge >= 0.3 is 0 Å². The molecule has 0 aromatic heterocycles. The van der Waals surface area contributed by atoms with Crippen LogP contribution in [0.5, 0.6) is 5.75 Å². The smallest absolute Gasteiger partial charge is 0.264 e. The molecule has 1 atom stereocenters. The molecule has 3 aromatic carbocycles. The Balaban J connectivity index is 2.05. The molecule has 1 unspecified atom stereocenters. The van der Waals surface area contributed by atoms with E-state index < -0.39 is 28.5 Å². The topological polar surface area (TPSA) is 96.0 Å². The largest absolute Gasteiger partial charge is 0.497 e. The van der Waals surface area contributed by atoms with E-state index in [-0.39, 0.29) is 17.3 Å². The molecular formula is C31H39N3O5S. The number of anilines is 1. The van der Waals surface area contributed by atoms with E-state index in [4.69, 9.17) is 4.74 Å². The number of rotatable bonds is 13. The minimum absolute atomic E-state index is 0.0867. The molecule has 1 N–H and O–H groups in total. The number of aryl methyl sites for hydroxylation is 2. The highest BCUT2D eigenvalue weighted by Gasteiger charge is 2.34. The Morgan fingerprint density at radius 2 is 1.57 bits per heavy atom. The van der Waals surface area contributed by atoms with E-state index in [1.54, 1.807) is 68.6 Å². The molecule has 3 aromatic rings. The van der Waals surface area contributed by atoms with Crippen molar-refractivity contribution in [1.29, 1.82) is 0 Å². The molecule has 0 saturated heterocycles. The summed E-state index contributed by atoms with van der Waals surface area (Å²) in [6.07, 6.45) is 1.12. The molecule has 0 fully saturated rings. The Labute approximate surface area is 238 Å². The van der Waals surface area contributed by atoms with Crippen molar-refractivity contribution in [1.82, 2.24) is 10.2 Å². The fourth-order valence-electron chi connectivity index (χ4n) is 4.41. The Hall–Kier alpha value is -3.85. The van der Waals surface area contributed by atoms with Crippen molar-refractivity contribution < 1.29 is 22.7 Å². The molecule has 0 aliphatic carbocycles. The van der Waals surface area contributed by atoms with E-state index in [1.807, 2.05) is 39.0 Å². The number of hydrogen-bond acceptors (Lipinski definition) is 5. The number of sulfonamides is 1. The first-order valence-corrected chi connectivity index (χ1v) is 14.9. The highest BCUT2D eigenvalue weighted by Crippen LogP contribution is 2.28. The summed E-state index contributed by atoms with van der Waals surface area (Å²) >= 11 is 0. The van der Waals surface area contributed by atoms with Crippen molar-refractivity contribution >= 4 is 27.5 Å². The zero-order chi connectivity index (χ0) is 29.3. The number of hydrogen-bond donors (Lipinski definition) is 1. The third-order valence-corrected chi connectivity index (χ3v) is 8.49. The van der Waals surface area contributed by atoms with E-state index in [9.17, 15) is 18.0 Å². The Morgan fingerprint density at radius 3 is 2.15 bits per heavy atom. The van der Waals surface area contributed by atoms with Crippen LogP contribution in [0.2, 0.25) is 0 Å². The summed E-state index contributed by atoms with van der Waals surface area (Å²) in [4.78, 5) is 28.8. The van der Waals surface area contributed by atoms with Gasteiger partial charge in [-0.15, -0.1) is 0 Å². The van der Waals surface area contributed by atoms with Gasteiger partial charge in [-0.1, -0.05) is 61.9 Å². The number of amides is 2. The van der Waals surface area contributed by atoms with Gasteiger partial charge in [0.15, 0.2) is 0 Å². The molecule has 0 saturated carbocycles. The fourth-order valence-corrected chi connectivity index (χ4v) is 5.89. The zero-order valence-corrected chi connectivity index (χ0v) is 24.7. The first-order valence-electron chi connectivity index (χ1n) is 13.5. The van der Waals surface area contributed by atoms with Crippen molar-refractivity contribution in [3.63, 3.8) is 0 Å². The summed E-state index contributed by atoms with van der Waals surface area (Å²) in [7, 11) is -2.53. The van der Waals surface area contributed by atoms with Crippen LogP contribution in [0.3, 0.4) is 0 Å². The summed E-state index contributed by atoms with van der Waals surface area (Å²) in [5.41, 5.74) is 2.83. The zero-order valence-electron chi connectivity index (χ0n) is 23.9. The van der Waals surface area contributed by atoms with Gasteiger partial charge in [0.2, 0.25) is 11.8 Å². The lowest BCUT2D eigenvalue weighted by molar-refractivity contribution is -0.140. The first kappa shape index (κ1) is 30.7. The molecule has 8 nitrogen and oxygen atoms in total. The van der Waals surface area contributed by atoms with Gasteiger partial charge in [-0.3, -0.25) is 13.9 Å². The van der Waals surface area contributed by atoms with Crippen LogP contribution >= 0.6 is 0 Å². The van der Waals surface area contributed by atoms with Gasteiger partial charge in [0.25, 0.3) is 10.0 Å². The number of benzene rings is 3. The number of carbonyl (C=O) groups excluding carboxylic acids is 2. The van der Waals surface area contributed by atoms with E-state index in [2.05, 4.69) is 5.32 Å². The predicted molar refractivity (Wildman–Crippen MR) is 158 cm³/mol. The quantitative estimate of drug-likeness (QED) is 0.320. The number of para-hydroxylation sites is 1. The van der Waals surface area contributed by atoms with Crippen LogP contribution in [-0.4, -0.2) is 51.4 Å². The minimum atomic E-state index is -4.10. The van der Waals surface area contributed by atoms with Crippen molar-refractivity contribution in [2.75, 3.05) is 24.5 Å². The van der Waals surface area contributed by atoms with Gasteiger partial charge < -0.3 is 15.0 Å². The van der Waals surface area contributed by atoms with Crippen molar-refractivity contribution in [2.24, 2.45) is 0 Å². The monoisotopic (exact) mass is 565 g/mol. The minimum Gasteiger partial charge on any atom is -0.497 e. The Morgan fingerprint density at radius 1 is 0.925 bits per heavy atom. The van der Waals surface area contributed by atoms with Crippen molar-refractivity contribution in [3.8, 4) is 5.75 Å². The second-order valence-electron chi connectivity index (χ2n) is 9.70. The lowest BCUT2D eigenvalue weighted by atomic mass is 10.1. The molecule has 0 radical (unpaired) electrons. The molecule has 2 amide bonds. The first-order chi connectivity index (χ1) is 19.1. The maximum Gasteiger partial charge on any atom is 0.264 e. The Bertz CT molecular complexity index is 1390. The van der Waals surface area contributed by atoms with Crippen LogP contribution in [0.25, 0.3) is 0 Å². The van der Waals surface area contributed by atoms with E-state index >= 15 is 0 Å². The molecule has 0 spiro atoms. The second kappa shape index (κ2) is 14.0. The lowest BCUT2D eigenvalue weighted by Gasteiger charge is -2.33. The SMILES string of the molecule is CCCNC(=O)C(CC)N(Cc1ccc(OC)cc1)C(=O)CN(c1ccccc1C)S(=O)(=O)c1ccc(C)cc1. The summed E-state index contributed by atoms with van der Waals surface area (Å²) in [6.45, 7) is 7.63. The molecule has 0 bridgehead atoms. The maximum atomic E-state index is 14.1. The van der Waals surface area contributed by atoms with E-state index in [0.717, 1.165) is 21.9 Å². The summed E-state index contributed by atoms with van der Waals surface area (Å²) in [5, 5.41) is 2.89. The molecule has 40 heavy (non-hydrogen) atoms. The lowest BCUT2D eigenvalue weighted by Crippen LogP contribution is -2.52. The third-order valence-electron chi connectivity index (χ3n) is 6.72. The number of nitrogens with one attached hydrogen (secondary N) is 1. The maximum absolute atomic E-state index is 14.1. The van der Waals surface area contributed by atoms with E-state index in [0.29, 0.717) is 30.0 Å². The molecule has 3 rings (SSSR count). The van der Waals surface area contributed by atoms with Crippen LogP contribution in [-0.2, 0) is 26.2 Å². The molecular weight excluding hydrogens is 526 g/mol. The van der Waals surface area contributed by atoms with Gasteiger partial charge in [-0.2, -0.15) is 0 Å². The van der Waals surface area contributed by atoms with E-state index in [1.165, 1.54) is 4.90 Å². The summed E-state index contributed by atoms with van der Waals surface area (Å²) < 4.78 is 34.3. The second-order valence-corrected chi connectivity index (χ2v) is 11.6. The van der Waals surface area contributed by atoms with Gasteiger partial charge in [-0.25, -0.2) is 8.42 Å². The van der Waals surface area contributed by atoms with Gasteiger partial charge in [0, 0.05) is 13.1 Å². The van der Waals surface area contributed by atoms with Gasteiger partial charge in [-0.05, 0) is 68.1 Å².